The van der Waals surface area contributed by atoms with Gasteiger partial charge in [-0.3, -0.25) is 4.79 Å². The second-order valence-corrected chi connectivity index (χ2v) is 8.48. The SMILES string of the molecule is CS(=O)(=O)c1cccc(-n2ccc(=O)c(-c3ccnn3-c3ccc(F)cc3F)n2)c1. The number of hydrogen-bond acceptors (Lipinski definition) is 5. The minimum Gasteiger partial charge on any atom is -0.287 e. The molecule has 0 saturated carbocycles. The Morgan fingerprint density at radius 2 is 1.80 bits per heavy atom. The van der Waals surface area contributed by atoms with Crippen molar-refractivity contribution in [2.45, 2.75) is 4.90 Å². The Bertz CT molecular complexity index is 1430. The highest BCUT2D eigenvalue weighted by Crippen LogP contribution is 2.22. The lowest BCUT2D eigenvalue weighted by Crippen LogP contribution is -2.15. The molecule has 2 aromatic carbocycles. The molecule has 0 spiro atoms. The van der Waals surface area contributed by atoms with Crippen LogP contribution in [0, 0.1) is 11.6 Å². The lowest BCUT2D eigenvalue weighted by Gasteiger charge is -2.11. The molecule has 2 heterocycles. The first-order chi connectivity index (χ1) is 14.2. The average Bonchev–Trinajstić information content (AvgIpc) is 3.17. The fraction of sp³-hybridized carbons (Fsp3) is 0.0500. The van der Waals surface area contributed by atoms with E-state index in [0.717, 1.165) is 17.0 Å². The van der Waals surface area contributed by atoms with Crippen LogP contribution in [0.1, 0.15) is 0 Å². The van der Waals surface area contributed by atoms with Crippen LogP contribution in [0.4, 0.5) is 8.78 Å². The Morgan fingerprint density at radius 3 is 2.53 bits per heavy atom. The third-order valence-electron chi connectivity index (χ3n) is 4.34. The van der Waals surface area contributed by atoms with Gasteiger partial charge >= 0.3 is 0 Å². The molecule has 4 rings (SSSR count). The number of aromatic nitrogens is 4. The highest BCUT2D eigenvalue weighted by atomic mass is 32.2. The number of hydrogen-bond donors (Lipinski definition) is 0. The summed E-state index contributed by atoms with van der Waals surface area (Å²) in [6.45, 7) is 0. The molecule has 0 aliphatic carbocycles. The minimum atomic E-state index is -3.44. The van der Waals surface area contributed by atoms with E-state index < -0.39 is 26.9 Å². The molecule has 152 valence electrons. The number of rotatable bonds is 4. The van der Waals surface area contributed by atoms with Crippen molar-refractivity contribution < 1.29 is 17.2 Å². The standard InChI is InChI=1S/C20H14F2N4O3S/c1-30(28,29)15-4-2-3-14(12-15)25-10-8-19(27)20(24-25)18-7-9-23-26(18)17-6-5-13(21)11-16(17)22/h2-12H,1H3. The highest BCUT2D eigenvalue weighted by molar-refractivity contribution is 7.90. The average molecular weight is 428 g/mol. The van der Waals surface area contributed by atoms with Crippen molar-refractivity contribution in [3.63, 3.8) is 0 Å². The molecular weight excluding hydrogens is 414 g/mol. The second kappa shape index (κ2) is 7.30. The van der Waals surface area contributed by atoms with Gasteiger partial charge in [0.2, 0.25) is 5.43 Å². The summed E-state index contributed by atoms with van der Waals surface area (Å²) in [5.74, 6) is -1.59. The molecular formula is C20H14F2N4O3S. The van der Waals surface area contributed by atoms with E-state index in [1.165, 1.54) is 47.4 Å². The van der Waals surface area contributed by atoms with Gasteiger partial charge in [-0.2, -0.15) is 10.2 Å². The van der Waals surface area contributed by atoms with Gasteiger partial charge in [0.25, 0.3) is 0 Å². The summed E-state index contributed by atoms with van der Waals surface area (Å²) in [6.07, 6.45) is 3.85. The zero-order valence-electron chi connectivity index (χ0n) is 15.5. The van der Waals surface area contributed by atoms with E-state index >= 15 is 0 Å². The van der Waals surface area contributed by atoms with Crippen molar-refractivity contribution in [1.82, 2.24) is 19.6 Å². The topological polar surface area (TPSA) is 86.9 Å². The van der Waals surface area contributed by atoms with Gasteiger partial charge in [-0.1, -0.05) is 6.07 Å². The predicted molar refractivity (Wildman–Crippen MR) is 105 cm³/mol. The number of halogens is 2. The number of benzene rings is 2. The molecule has 0 saturated heterocycles. The van der Waals surface area contributed by atoms with Crippen molar-refractivity contribution in [2.24, 2.45) is 0 Å². The van der Waals surface area contributed by atoms with E-state index in [0.29, 0.717) is 11.8 Å². The summed E-state index contributed by atoms with van der Waals surface area (Å²) in [5, 5.41) is 8.32. The molecule has 0 radical (unpaired) electrons. The summed E-state index contributed by atoms with van der Waals surface area (Å²) in [4.78, 5) is 12.6. The first-order valence-corrected chi connectivity index (χ1v) is 10.5. The van der Waals surface area contributed by atoms with Crippen molar-refractivity contribution in [3.8, 4) is 22.8 Å². The van der Waals surface area contributed by atoms with Crippen molar-refractivity contribution >= 4 is 9.84 Å². The molecule has 30 heavy (non-hydrogen) atoms. The zero-order valence-corrected chi connectivity index (χ0v) is 16.3. The maximum absolute atomic E-state index is 14.2. The van der Waals surface area contributed by atoms with Crippen LogP contribution in [0.15, 0.2) is 76.7 Å². The van der Waals surface area contributed by atoms with Gasteiger partial charge in [0.15, 0.2) is 21.3 Å². The first-order valence-electron chi connectivity index (χ1n) is 8.64. The van der Waals surface area contributed by atoms with E-state index in [2.05, 4.69) is 10.2 Å². The van der Waals surface area contributed by atoms with Crippen LogP contribution in [-0.2, 0) is 9.84 Å². The Morgan fingerprint density at radius 1 is 1.00 bits per heavy atom. The van der Waals surface area contributed by atoms with Gasteiger partial charge in [-0.15, -0.1) is 0 Å². The molecule has 7 nitrogen and oxygen atoms in total. The Hall–Kier alpha value is -3.66. The third kappa shape index (κ3) is 3.64. The van der Waals surface area contributed by atoms with Crippen molar-refractivity contribution in [2.75, 3.05) is 6.26 Å². The van der Waals surface area contributed by atoms with Crippen LogP contribution in [0.25, 0.3) is 22.8 Å². The van der Waals surface area contributed by atoms with Crippen LogP contribution in [-0.4, -0.2) is 34.2 Å². The maximum Gasteiger partial charge on any atom is 0.209 e. The molecule has 0 fully saturated rings. The highest BCUT2D eigenvalue weighted by Gasteiger charge is 2.17. The lowest BCUT2D eigenvalue weighted by molar-refractivity contribution is 0.574. The van der Waals surface area contributed by atoms with Crippen LogP contribution in [0.3, 0.4) is 0 Å². The quantitative estimate of drug-likeness (QED) is 0.499. The van der Waals surface area contributed by atoms with E-state index in [-0.39, 0.29) is 22.0 Å². The fourth-order valence-electron chi connectivity index (χ4n) is 2.91. The largest absolute Gasteiger partial charge is 0.287 e. The molecule has 0 amide bonds. The molecule has 2 aromatic heterocycles. The van der Waals surface area contributed by atoms with E-state index in [4.69, 9.17) is 0 Å². The van der Waals surface area contributed by atoms with Gasteiger partial charge < -0.3 is 0 Å². The summed E-state index contributed by atoms with van der Waals surface area (Å²) < 4.78 is 53.6. The Kier molecular flexibility index (Phi) is 4.78. The monoisotopic (exact) mass is 428 g/mol. The minimum absolute atomic E-state index is 0.0384. The molecule has 0 bridgehead atoms. The van der Waals surface area contributed by atoms with Gasteiger partial charge in [0.1, 0.15) is 11.5 Å². The summed E-state index contributed by atoms with van der Waals surface area (Å²) in [6, 6.07) is 11.8. The summed E-state index contributed by atoms with van der Waals surface area (Å²) in [7, 11) is -3.44. The lowest BCUT2D eigenvalue weighted by atomic mass is 10.2. The fourth-order valence-corrected chi connectivity index (χ4v) is 3.57. The van der Waals surface area contributed by atoms with Gasteiger partial charge in [-0.05, 0) is 36.4 Å². The van der Waals surface area contributed by atoms with Crippen LogP contribution >= 0.6 is 0 Å². The second-order valence-electron chi connectivity index (χ2n) is 6.47. The molecule has 0 aliphatic rings. The van der Waals surface area contributed by atoms with Crippen LogP contribution in [0.5, 0.6) is 0 Å². The molecule has 0 unspecified atom stereocenters. The third-order valence-corrected chi connectivity index (χ3v) is 5.45. The van der Waals surface area contributed by atoms with Crippen molar-refractivity contribution in [3.05, 3.63) is 88.8 Å². The predicted octanol–water partition coefficient (Wildman–Crippen LogP) is 2.77. The van der Waals surface area contributed by atoms with Crippen molar-refractivity contribution in [1.29, 1.82) is 0 Å². The zero-order chi connectivity index (χ0) is 21.5. The van der Waals surface area contributed by atoms with Gasteiger partial charge in [-0.25, -0.2) is 26.6 Å². The summed E-state index contributed by atoms with van der Waals surface area (Å²) in [5.41, 5.74) is 0.0719. The van der Waals surface area contributed by atoms with Gasteiger partial charge in [0, 0.05) is 24.6 Å². The van der Waals surface area contributed by atoms with Crippen LogP contribution in [0.2, 0.25) is 0 Å². The smallest absolute Gasteiger partial charge is 0.209 e. The van der Waals surface area contributed by atoms with E-state index in [1.807, 2.05) is 0 Å². The molecule has 4 aromatic rings. The maximum atomic E-state index is 14.2. The normalized spacial score (nSPS) is 11.6. The molecule has 0 N–H and O–H groups in total. The molecule has 10 heteroatoms. The van der Waals surface area contributed by atoms with E-state index in [1.54, 1.807) is 12.1 Å². The number of sulfone groups is 1. The molecule has 0 aliphatic heterocycles. The Labute approximate surface area is 169 Å². The van der Waals surface area contributed by atoms with Crippen LogP contribution < -0.4 is 5.43 Å². The summed E-state index contributed by atoms with van der Waals surface area (Å²) >= 11 is 0. The Balaban J connectivity index is 1.86. The molecule has 0 atom stereocenters. The first kappa shape index (κ1) is 19.6. The number of nitrogens with zero attached hydrogens (tertiary/aromatic N) is 4. The van der Waals surface area contributed by atoms with Gasteiger partial charge in [0.05, 0.1) is 22.5 Å². The van der Waals surface area contributed by atoms with E-state index in [9.17, 15) is 22.0 Å².